The maximum Gasteiger partial charge on any atom is 0.283 e. The molecule has 2 aromatic heterocycles. The Balaban J connectivity index is 2.21. The molecule has 2 rings (SSSR count). The van der Waals surface area contributed by atoms with Crippen molar-refractivity contribution in [1.82, 2.24) is 19.6 Å². The van der Waals surface area contributed by atoms with E-state index in [9.17, 15) is 13.6 Å². The van der Waals surface area contributed by atoms with Crippen LogP contribution in [0.2, 0.25) is 0 Å². The summed E-state index contributed by atoms with van der Waals surface area (Å²) >= 11 is 3.08. The van der Waals surface area contributed by atoms with E-state index in [-0.39, 0.29) is 16.1 Å². The van der Waals surface area contributed by atoms with Crippen LogP contribution in [0.3, 0.4) is 0 Å². The summed E-state index contributed by atoms with van der Waals surface area (Å²) in [4.78, 5) is 12.1. The highest BCUT2D eigenvalue weighted by Gasteiger charge is 2.25. The second-order valence-corrected chi connectivity index (χ2v) is 5.36. The molecule has 0 aromatic carbocycles. The normalized spacial score (nSPS) is 12.7. The van der Waals surface area contributed by atoms with E-state index in [0.29, 0.717) is 11.5 Å². The lowest BCUT2D eigenvalue weighted by Crippen LogP contribution is -2.25. The van der Waals surface area contributed by atoms with Gasteiger partial charge < -0.3 is 5.32 Å². The fourth-order valence-corrected chi connectivity index (χ4v) is 2.29. The summed E-state index contributed by atoms with van der Waals surface area (Å²) in [6.07, 6.45) is -1.02. The Kier molecular flexibility index (Phi) is 4.40. The molecule has 1 N–H and O–H groups in total. The van der Waals surface area contributed by atoms with Crippen LogP contribution in [0.1, 0.15) is 30.8 Å². The number of aromatic nitrogens is 4. The lowest BCUT2D eigenvalue weighted by atomic mass is 10.3. The number of alkyl halides is 2. The molecule has 6 nitrogen and oxygen atoms in total. The molecule has 0 unspecified atom stereocenters. The first-order valence-corrected chi connectivity index (χ1v) is 6.93. The molecule has 0 saturated heterocycles. The van der Waals surface area contributed by atoms with Crippen molar-refractivity contribution in [1.29, 1.82) is 0 Å². The molecule has 21 heavy (non-hydrogen) atoms. The molecule has 0 saturated carbocycles. The van der Waals surface area contributed by atoms with E-state index in [4.69, 9.17) is 0 Å². The second-order valence-electron chi connectivity index (χ2n) is 4.57. The maximum absolute atomic E-state index is 12.8. The zero-order valence-electron chi connectivity index (χ0n) is 11.6. The molecular formula is C12H14BrF2N5O. The van der Waals surface area contributed by atoms with Crippen LogP contribution in [-0.4, -0.2) is 25.5 Å². The van der Waals surface area contributed by atoms with E-state index >= 15 is 0 Å². The molecule has 1 amide bonds. The third kappa shape index (κ3) is 3.12. The third-order valence-corrected chi connectivity index (χ3v) is 4.00. The van der Waals surface area contributed by atoms with Gasteiger partial charge in [-0.15, -0.1) is 0 Å². The van der Waals surface area contributed by atoms with Gasteiger partial charge in [0.15, 0.2) is 5.82 Å². The summed E-state index contributed by atoms with van der Waals surface area (Å²) in [6, 6.07) is 0.900. The van der Waals surface area contributed by atoms with Crippen LogP contribution in [0.15, 0.2) is 16.7 Å². The maximum atomic E-state index is 12.8. The summed E-state index contributed by atoms with van der Waals surface area (Å²) in [7, 11) is 1.72. The van der Waals surface area contributed by atoms with Gasteiger partial charge in [0.25, 0.3) is 6.43 Å². The molecule has 0 bridgehead atoms. The lowest BCUT2D eigenvalue weighted by molar-refractivity contribution is -0.119. The number of rotatable bonds is 4. The van der Waals surface area contributed by atoms with Crippen LogP contribution in [-0.2, 0) is 11.8 Å². The van der Waals surface area contributed by atoms with E-state index in [1.54, 1.807) is 37.8 Å². The highest BCUT2D eigenvalue weighted by Crippen LogP contribution is 2.30. The first-order valence-electron chi connectivity index (χ1n) is 6.14. The van der Waals surface area contributed by atoms with Crippen LogP contribution >= 0.6 is 15.9 Å². The Morgan fingerprint density at radius 2 is 2.10 bits per heavy atom. The second kappa shape index (κ2) is 5.92. The Morgan fingerprint density at radius 1 is 1.43 bits per heavy atom. The standard InChI is InChI=1S/C12H14BrF2N5O/c1-6-9(13)10(11(14)15)18-20(6)7(2)12(21)16-8-4-5-19(3)17-8/h4-5,7,11H,1-3H3,(H,16,17,21)/t7-/m1/s1. The molecule has 2 heterocycles. The van der Waals surface area contributed by atoms with Crippen molar-refractivity contribution in [2.24, 2.45) is 7.05 Å². The number of carbonyl (C=O) groups is 1. The zero-order valence-corrected chi connectivity index (χ0v) is 13.2. The van der Waals surface area contributed by atoms with Gasteiger partial charge in [-0.1, -0.05) is 0 Å². The first kappa shape index (κ1) is 15.6. The quantitative estimate of drug-likeness (QED) is 0.910. The van der Waals surface area contributed by atoms with Crippen molar-refractivity contribution >= 4 is 27.7 Å². The molecule has 114 valence electrons. The molecule has 1 atom stereocenters. The molecular weight excluding hydrogens is 348 g/mol. The van der Waals surface area contributed by atoms with E-state index < -0.39 is 12.5 Å². The Bertz CT molecular complexity index is 667. The van der Waals surface area contributed by atoms with Crippen molar-refractivity contribution in [3.63, 3.8) is 0 Å². The predicted octanol–water partition coefficient (Wildman–Crippen LogP) is 2.82. The number of hydrogen-bond donors (Lipinski definition) is 1. The molecule has 2 aromatic rings. The van der Waals surface area contributed by atoms with Crippen molar-refractivity contribution in [2.75, 3.05) is 5.32 Å². The van der Waals surface area contributed by atoms with Gasteiger partial charge in [0.2, 0.25) is 5.91 Å². The van der Waals surface area contributed by atoms with Crippen LogP contribution in [0, 0.1) is 6.92 Å². The number of aryl methyl sites for hydroxylation is 1. The van der Waals surface area contributed by atoms with Gasteiger partial charge in [-0.2, -0.15) is 10.2 Å². The number of hydrogen-bond acceptors (Lipinski definition) is 3. The molecule has 0 radical (unpaired) electrons. The summed E-state index contributed by atoms with van der Waals surface area (Å²) in [5.74, 6) is 0.0138. The molecule has 0 fully saturated rings. The number of nitrogens with one attached hydrogen (secondary N) is 1. The number of carbonyl (C=O) groups excluding carboxylic acids is 1. The average Bonchev–Trinajstić information content (AvgIpc) is 2.94. The number of halogens is 3. The van der Waals surface area contributed by atoms with Crippen LogP contribution in [0.5, 0.6) is 0 Å². The Labute approximate surface area is 128 Å². The van der Waals surface area contributed by atoms with Gasteiger partial charge in [0, 0.05) is 19.3 Å². The first-order chi connectivity index (χ1) is 9.81. The van der Waals surface area contributed by atoms with Crippen LogP contribution < -0.4 is 5.32 Å². The van der Waals surface area contributed by atoms with Gasteiger partial charge in [-0.25, -0.2) is 8.78 Å². The molecule has 0 aliphatic heterocycles. The molecule has 9 heteroatoms. The van der Waals surface area contributed by atoms with Gasteiger partial charge in [0.1, 0.15) is 11.7 Å². The van der Waals surface area contributed by atoms with E-state index in [1.807, 2.05) is 0 Å². The fraction of sp³-hybridized carbons (Fsp3) is 0.417. The minimum Gasteiger partial charge on any atom is -0.307 e. The number of anilines is 1. The van der Waals surface area contributed by atoms with Crippen molar-refractivity contribution in [2.45, 2.75) is 26.3 Å². The van der Waals surface area contributed by atoms with Gasteiger partial charge >= 0.3 is 0 Å². The highest BCUT2D eigenvalue weighted by molar-refractivity contribution is 9.10. The van der Waals surface area contributed by atoms with E-state index in [1.165, 1.54) is 4.68 Å². The monoisotopic (exact) mass is 361 g/mol. The fourth-order valence-electron chi connectivity index (χ4n) is 1.86. The summed E-state index contributed by atoms with van der Waals surface area (Å²) in [6.45, 7) is 3.20. The van der Waals surface area contributed by atoms with Crippen molar-refractivity contribution in [3.8, 4) is 0 Å². The van der Waals surface area contributed by atoms with Gasteiger partial charge in [-0.05, 0) is 29.8 Å². The minimum absolute atomic E-state index is 0.218. The molecule has 0 spiro atoms. The minimum atomic E-state index is -2.70. The number of amides is 1. The SMILES string of the molecule is Cc1c(Br)c(C(F)F)nn1[C@H](C)C(=O)Nc1ccn(C)n1. The zero-order chi connectivity index (χ0) is 15.7. The number of nitrogens with zero attached hydrogens (tertiary/aromatic N) is 4. The summed E-state index contributed by atoms with van der Waals surface area (Å²) in [5.41, 5.74) is 0.0963. The van der Waals surface area contributed by atoms with Crippen LogP contribution in [0.4, 0.5) is 14.6 Å². The van der Waals surface area contributed by atoms with Crippen molar-refractivity contribution < 1.29 is 13.6 Å². The average molecular weight is 362 g/mol. The summed E-state index contributed by atoms with van der Waals surface area (Å²) < 4.78 is 28.7. The Hall–Kier alpha value is -1.77. The van der Waals surface area contributed by atoms with Crippen LogP contribution in [0.25, 0.3) is 0 Å². The molecule has 0 aliphatic rings. The third-order valence-electron chi connectivity index (χ3n) is 3.02. The highest BCUT2D eigenvalue weighted by atomic mass is 79.9. The van der Waals surface area contributed by atoms with Gasteiger partial charge in [-0.3, -0.25) is 14.2 Å². The molecule has 0 aliphatic carbocycles. The lowest BCUT2D eigenvalue weighted by Gasteiger charge is -2.13. The summed E-state index contributed by atoms with van der Waals surface area (Å²) in [5, 5.41) is 10.4. The largest absolute Gasteiger partial charge is 0.307 e. The van der Waals surface area contributed by atoms with Crippen molar-refractivity contribution in [3.05, 3.63) is 28.1 Å². The van der Waals surface area contributed by atoms with E-state index in [0.717, 1.165) is 0 Å². The Morgan fingerprint density at radius 3 is 2.57 bits per heavy atom. The van der Waals surface area contributed by atoms with E-state index in [2.05, 4.69) is 31.4 Å². The topological polar surface area (TPSA) is 64.7 Å². The smallest absolute Gasteiger partial charge is 0.283 e. The predicted molar refractivity (Wildman–Crippen MR) is 76.2 cm³/mol. The van der Waals surface area contributed by atoms with Gasteiger partial charge in [0.05, 0.1) is 10.2 Å².